The van der Waals surface area contributed by atoms with E-state index in [0.717, 1.165) is 22.6 Å². The van der Waals surface area contributed by atoms with Crippen molar-refractivity contribution in [2.75, 3.05) is 0 Å². The summed E-state index contributed by atoms with van der Waals surface area (Å²) < 4.78 is 3.57. The molecular weight excluding hydrogens is 442 g/mol. The second-order valence-corrected chi connectivity index (χ2v) is 8.62. The maximum Gasteiger partial charge on any atom is 0.258 e. The van der Waals surface area contributed by atoms with Crippen LogP contribution in [-0.2, 0) is 5.75 Å². The van der Waals surface area contributed by atoms with E-state index in [1.165, 1.54) is 11.8 Å². The topological polar surface area (TPSA) is 65.1 Å². The Morgan fingerprint density at radius 2 is 1.75 bits per heavy atom. The summed E-state index contributed by atoms with van der Waals surface area (Å²) in [5.74, 6) is 1.21. The summed E-state index contributed by atoms with van der Waals surface area (Å²) in [4.78, 5) is 17.2. The SMILES string of the molecule is Cc1cccn2c(=O)cc(CSc3nnc(-c4ccc(Cl)cc4)n3-c3ccccc3)nc12. The van der Waals surface area contributed by atoms with Gasteiger partial charge in [-0.25, -0.2) is 4.98 Å². The molecule has 5 rings (SSSR count). The zero-order valence-corrected chi connectivity index (χ0v) is 18.7. The van der Waals surface area contributed by atoms with Crippen LogP contribution in [0.5, 0.6) is 0 Å². The Hall–Kier alpha value is -3.42. The predicted octanol–water partition coefficient (Wildman–Crippen LogP) is 5.20. The molecule has 3 heterocycles. The number of fused-ring (bicyclic) bond motifs is 1. The first kappa shape index (κ1) is 20.5. The molecule has 0 N–H and O–H groups in total. The van der Waals surface area contributed by atoms with Crippen molar-refractivity contribution in [1.29, 1.82) is 0 Å². The molecule has 6 nitrogen and oxygen atoms in total. The molecule has 0 amide bonds. The van der Waals surface area contributed by atoms with E-state index in [2.05, 4.69) is 10.2 Å². The van der Waals surface area contributed by atoms with Crippen LogP contribution >= 0.6 is 23.4 Å². The highest BCUT2D eigenvalue weighted by atomic mass is 35.5. The molecule has 5 aromatic rings. The van der Waals surface area contributed by atoms with E-state index in [4.69, 9.17) is 16.6 Å². The average Bonchev–Trinajstić information content (AvgIpc) is 3.23. The highest BCUT2D eigenvalue weighted by molar-refractivity contribution is 7.98. The number of halogens is 1. The maximum absolute atomic E-state index is 12.5. The van der Waals surface area contributed by atoms with Gasteiger partial charge in [0.05, 0.1) is 5.69 Å². The number of rotatable bonds is 5. The van der Waals surface area contributed by atoms with Gasteiger partial charge in [0.2, 0.25) is 0 Å². The first-order valence-corrected chi connectivity index (χ1v) is 11.3. The first-order valence-electron chi connectivity index (χ1n) is 9.97. The van der Waals surface area contributed by atoms with Crippen LogP contribution in [0.2, 0.25) is 5.02 Å². The maximum atomic E-state index is 12.5. The molecule has 0 atom stereocenters. The molecule has 0 aliphatic carbocycles. The molecule has 32 heavy (non-hydrogen) atoms. The quantitative estimate of drug-likeness (QED) is 0.338. The fourth-order valence-electron chi connectivity index (χ4n) is 3.48. The Bertz CT molecular complexity index is 1460. The van der Waals surface area contributed by atoms with Gasteiger partial charge >= 0.3 is 0 Å². The molecule has 0 spiro atoms. The zero-order valence-electron chi connectivity index (χ0n) is 17.1. The Kier molecular flexibility index (Phi) is 5.51. The van der Waals surface area contributed by atoms with Gasteiger partial charge in [-0.15, -0.1) is 10.2 Å². The molecule has 0 fully saturated rings. The molecule has 0 unspecified atom stereocenters. The zero-order chi connectivity index (χ0) is 22.1. The van der Waals surface area contributed by atoms with Crippen molar-refractivity contribution in [3.8, 4) is 17.1 Å². The number of aryl methyl sites for hydroxylation is 1. The number of hydrogen-bond donors (Lipinski definition) is 0. The van der Waals surface area contributed by atoms with E-state index in [1.807, 2.05) is 78.2 Å². The number of thioether (sulfide) groups is 1. The standard InChI is InChI=1S/C24H18ClN5OS/c1-16-6-5-13-29-21(31)14-19(26-22(16)29)15-32-24-28-27-23(17-9-11-18(25)12-10-17)30(24)20-7-3-2-4-8-20/h2-14H,15H2,1H3. The van der Waals surface area contributed by atoms with Crippen LogP contribution in [-0.4, -0.2) is 24.1 Å². The van der Waals surface area contributed by atoms with Gasteiger partial charge in [-0.3, -0.25) is 13.8 Å². The molecule has 3 aromatic heterocycles. The number of aromatic nitrogens is 5. The van der Waals surface area contributed by atoms with E-state index in [9.17, 15) is 4.79 Å². The monoisotopic (exact) mass is 459 g/mol. The molecule has 0 saturated carbocycles. The van der Waals surface area contributed by atoms with Crippen LogP contribution in [0, 0.1) is 6.92 Å². The number of hydrogen-bond acceptors (Lipinski definition) is 5. The average molecular weight is 460 g/mol. The van der Waals surface area contributed by atoms with Crippen molar-refractivity contribution in [2.24, 2.45) is 0 Å². The summed E-state index contributed by atoms with van der Waals surface area (Å²) in [5, 5.41) is 10.3. The van der Waals surface area contributed by atoms with Crippen LogP contribution in [0.1, 0.15) is 11.3 Å². The normalized spacial score (nSPS) is 11.2. The van der Waals surface area contributed by atoms with E-state index in [1.54, 1.807) is 16.7 Å². The summed E-state index contributed by atoms with van der Waals surface area (Å²) in [7, 11) is 0. The number of nitrogens with zero attached hydrogens (tertiary/aromatic N) is 5. The summed E-state index contributed by atoms with van der Waals surface area (Å²) in [6.45, 7) is 1.95. The lowest BCUT2D eigenvalue weighted by atomic mass is 10.2. The molecular formula is C24H18ClN5OS. The third-order valence-electron chi connectivity index (χ3n) is 5.04. The van der Waals surface area contributed by atoms with Gasteiger partial charge in [0.15, 0.2) is 11.0 Å². The summed E-state index contributed by atoms with van der Waals surface area (Å²) in [6.07, 6.45) is 1.74. The Morgan fingerprint density at radius 3 is 2.53 bits per heavy atom. The van der Waals surface area contributed by atoms with Crippen molar-refractivity contribution < 1.29 is 0 Å². The fourth-order valence-corrected chi connectivity index (χ4v) is 4.45. The van der Waals surface area contributed by atoms with E-state index >= 15 is 0 Å². The minimum Gasteiger partial charge on any atom is -0.270 e. The lowest BCUT2D eigenvalue weighted by Gasteiger charge is -2.10. The van der Waals surface area contributed by atoms with E-state index in [-0.39, 0.29) is 5.56 Å². The van der Waals surface area contributed by atoms with Gasteiger partial charge in [0.25, 0.3) is 5.56 Å². The molecule has 0 bridgehead atoms. The lowest BCUT2D eigenvalue weighted by molar-refractivity contribution is 0.884. The van der Waals surface area contributed by atoms with Gasteiger partial charge in [0, 0.05) is 34.3 Å². The summed E-state index contributed by atoms with van der Waals surface area (Å²) >= 11 is 7.55. The van der Waals surface area contributed by atoms with Crippen molar-refractivity contribution >= 4 is 29.0 Å². The third-order valence-corrected chi connectivity index (χ3v) is 6.25. The van der Waals surface area contributed by atoms with Crippen LogP contribution in [0.25, 0.3) is 22.7 Å². The van der Waals surface area contributed by atoms with Gasteiger partial charge < -0.3 is 0 Å². The molecule has 0 saturated heterocycles. The Balaban J connectivity index is 1.53. The summed E-state index contributed by atoms with van der Waals surface area (Å²) in [6, 6.07) is 22.8. The molecule has 0 aliphatic rings. The van der Waals surface area contributed by atoms with Crippen molar-refractivity contribution in [2.45, 2.75) is 17.8 Å². The van der Waals surface area contributed by atoms with Crippen LogP contribution < -0.4 is 5.56 Å². The van der Waals surface area contributed by atoms with Crippen molar-refractivity contribution in [3.05, 3.63) is 106 Å². The van der Waals surface area contributed by atoms with Crippen LogP contribution in [0.15, 0.2) is 88.9 Å². The Morgan fingerprint density at radius 1 is 0.969 bits per heavy atom. The largest absolute Gasteiger partial charge is 0.270 e. The highest BCUT2D eigenvalue weighted by Gasteiger charge is 2.17. The van der Waals surface area contributed by atoms with Gasteiger partial charge in [-0.1, -0.05) is 47.6 Å². The van der Waals surface area contributed by atoms with Gasteiger partial charge in [-0.05, 0) is 55.0 Å². The highest BCUT2D eigenvalue weighted by Crippen LogP contribution is 2.30. The molecule has 0 aliphatic heterocycles. The second kappa shape index (κ2) is 8.61. The Labute approximate surface area is 193 Å². The molecule has 2 aromatic carbocycles. The van der Waals surface area contributed by atoms with Gasteiger partial charge in [-0.2, -0.15) is 0 Å². The number of benzene rings is 2. The molecule has 158 valence electrons. The van der Waals surface area contributed by atoms with Crippen molar-refractivity contribution in [1.82, 2.24) is 24.1 Å². The van der Waals surface area contributed by atoms with Crippen LogP contribution in [0.3, 0.4) is 0 Å². The number of para-hydroxylation sites is 1. The van der Waals surface area contributed by atoms with E-state index < -0.39 is 0 Å². The van der Waals surface area contributed by atoms with E-state index in [0.29, 0.717) is 27.3 Å². The first-order chi connectivity index (χ1) is 15.6. The minimum absolute atomic E-state index is 0.0966. The van der Waals surface area contributed by atoms with Crippen molar-refractivity contribution in [3.63, 3.8) is 0 Å². The fraction of sp³-hybridized carbons (Fsp3) is 0.0833. The molecule has 8 heteroatoms. The second-order valence-electron chi connectivity index (χ2n) is 7.24. The predicted molar refractivity (Wildman–Crippen MR) is 128 cm³/mol. The molecule has 0 radical (unpaired) electrons. The van der Waals surface area contributed by atoms with Crippen LogP contribution in [0.4, 0.5) is 0 Å². The lowest BCUT2D eigenvalue weighted by Crippen LogP contribution is -2.15. The van der Waals surface area contributed by atoms with Gasteiger partial charge in [0.1, 0.15) is 5.65 Å². The number of pyridine rings is 1. The summed E-state index contributed by atoms with van der Waals surface area (Å²) in [5.41, 5.74) is 4.09. The minimum atomic E-state index is -0.0966. The smallest absolute Gasteiger partial charge is 0.258 e. The third kappa shape index (κ3) is 3.92.